The van der Waals surface area contributed by atoms with Crippen molar-refractivity contribution < 1.29 is 4.74 Å². The molecule has 1 aliphatic rings. The van der Waals surface area contributed by atoms with E-state index in [1.54, 1.807) is 0 Å². The van der Waals surface area contributed by atoms with E-state index in [1.807, 2.05) is 42.6 Å². The topological polar surface area (TPSA) is 54.0 Å². The van der Waals surface area contributed by atoms with E-state index in [0.717, 1.165) is 54.5 Å². The highest BCUT2D eigenvalue weighted by Crippen LogP contribution is 2.26. The van der Waals surface area contributed by atoms with E-state index in [9.17, 15) is 0 Å². The molecule has 5 heteroatoms. The average molecular weight is 280 g/mol. The summed E-state index contributed by atoms with van der Waals surface area (Å²) < 4.78 is 5.43. The molecule has 21 heavy (non-hydrogen) atoms. The fourth-order valence-corrected chi connectivity index (χ4v) is 2.65. The largest absolute Gasteiger partial charge is 0.378 e. The minimum Gasteiger partial charge on any atom is -0.378 e. The Morgan fingerprint density at radius 3 is 2.62 bits per heavy atom. The maximum absolute atomic E-state index is 5.43. The first-order chi connectivity index (χ1) is 10.4. The third-order valence-corrected chi connectivity index (χ3v) is 3.73. The molecule has 0 radical (unpaired) electrons. The van der Waals surface area contributed by atoms with Gasteiger partial charge in [0.25, 0.3) is 0 Å². The van der Waals surface area contributed by atoms with Gasteiger partial charge < -0.3 is 14.6 Å². The summed E-state index contributed by atoms with van der Waals surface area (Å²) in [6.45, 7) is 3.21. The number of morpholine rings is 1. The van der Waals surface area contributed by atoms with E-state index in [2.05, 4.69) is 14.9 Å². The highest BCUT2D eigenvalue weighted by molar-refractivity contribution is 5.88. The first-order valence-electron chi connectivity index (χ1n) is 7.15. The summed E-state index contributed by atoms with van der Waals surface area (Å²) in [4.78, 5) is 15.0. The minimum absolute atomic E-state index is 0.743. The summed E-state index contributed by atoms with van der Waals surface area (Å²) in [5, 5.41) is 0. The number of nitrogens with one attached hydrogen (secondary N) is 1. The van der Waals surface area contributed by atoms with E-state index < -0.39 is 0 Å². The molecule has 1 N–H and O–H groups in total. The van der Waals surface area contributed by atoms with E-state index in [-0.39, 0.29) is 0 Å². The summed E-state index contributed by atoms with van der Waals surface area (Å²) in [6.07, 6.45) is 1.91. The lowest BCUT2D eigenvalue weighted by Gasteiger charge is -2.28. The van der Waals surface area contributed by atoms with Crippen molar-refractivity contribution in [2.45, 2.75) is 0 Å². The molecule has 0 amide bonds. The van der Waals surface area contributed by atoms with Gasteiger partial charge >= 0.3 is 0 Å². The van der Waals surface area contributed by atoms with Crippen LogP contribution in [-0.2, 0) is 4.74 Å². The van der Waals surface area contributed by atoms with E-state index in [0.29, 0.717) is 0 Å². The lowest BCUT2D eigenvalue weighted by Crippen LogP contribution is -2.37. The van der Waals surface area contributed by atoms with Gasteiger partial charge in [-0.05, 0) is 6.07 Å². The highest BCUT2D eigenvalue weighted by atomic mass is 16.5. The van der Waals surface area contributed by atoms with Crippen molar-refractivity contribution in [2.24, 2.45) is 0 Å². The maximum atomic E-state index is 5.43. The van der Waals surface area contributed by atoms with E-state index in [4.69, 9.17) is 9.72 Å². The second-order valence-electron chi connectivity index (χ2n) is 5.07. The Balaban J connectivity index is 1.86. The van der Waals surface area contributed by atoms with Crippen molar-refractivity contribution in [3.8, 4) is 11.4 Å². The van der Waals surface area contributed by atoms with Crippen LogP contribution in [0.25, 0.3) is 22.4 Å². The van der Waals surface area contributed by atoms with Gasteiger partial charge in [-0.1, -0.05) is 30.3 Å². The molecule has 4 rings (SSSR count). The average Bonchev–Trinajstić information content (AvgIpc) is 3.04. The monoisotopic (exact) mass is 280 g/mol. The Morgan fingerprint density at radius 2 is 1.81 bits per heavy atom. The van der Waals surface area contributed by atoms with Crippen LogP contribution in [0.4, 0.5) is 5.82 Å². The number of aromatic nitrogens is 3. The maximum Gasteiger partial charge on any atom is 0.162 e. The number of ether oxygens (including phenoxy) is 1. The predicted molar refractivity (Wildman–Crippen MR) is 82.4 cm³/mol. The number of rotatable bonds is 2. The van der Waals surface area contributed by atoms with Crippen molar-refractivity contribution in [1.82, 2.24) is 15.0 Å². The van der Waals surface area contributed by atoms with Gasteiger partial charge in [-0.15, -0.1) is 0 Å². The second kappa shape index (κ2) is 5.18. The standard InChI is InChI=1S/C16H16N4O/c1-2-4-12(5-3-1)15-18-13-6-7-17-14(13)16(19-15)20-8-10-21-11-9-20/h1-7,17H,8-11H2. The number of H-pyrrole nitrogens is 1. The molecule has 2 aromatic heterocycles. The normalized spacial score (nSPS) is 15.5. The molecule has 3 heterocycles. The Hall–Kier alpha value is -2.40. The number of hydrogen-bond donors (Lipinski definition) is 1. The fourth-order valence-electron chi connectivity index (χ4n) is 2.65. The third kappa shape index (κ3) is 2.25. The highest BCUT2D eigenvalue weighted by Gasteiger charge is 2.18. The number of hydrogen-bond acceptors (Lipinski definition) is 4. The Kier molecular flexibility index (Phi) is 3.05. The van der Waals surface area contributed by atoms with Crippen LogP contribution in [0.3, 0.4) is 0 Å². The molecule has 0 unspecified atom stereocenters. The molecule has 1 aromatic carbocycles. The lowest BCUT2D eigenvalue weighted by molar-refractivity contribution is 0.122. The quantitative estimate of drug-likeness (QED) is 0.783. The Morgan fingerprint density at radius 1 is 1.00 bits per heavy atom. The first-order valence-corrected chi connectivity index (χ1v) is 7.15. The molecule has 3 aromatic rings. The summed E-state index contributed by atoms with van der Waals surface area (Å²) in [5.41, 5.74) is 2.98. The SMILES string of the molecule is c1ccc(-c2nc(N3CCOCC3)c3[nH]ccc3n2)cc1. The van der Waals surface area contributed by atoms with Gasteiger partial charge in [0, 0.05) is 24.8 Å². The van der Waals surface area contributed by atoms with E-state index in [1.165, 1.54) is 0 Å². The third-order valence-electron chi connectivity index (χ3n) is 3.73. The smallest absolute Gasteiger partial charge is 0.162 e. The van der Waals surface area contributed by atoms with Crippen molar-refractivity contribution in [3.05, 3.63) is 42.6 Å². The molecule has 0 spiro atoms. The molecular formula is C16H16N4O. The van der Waals surface area contributed by atoms with Crippen LogP contribution in [0.1, 0.15) is 0 Å². The number of nitrogens with zero attached hydrogens (tertiary/aromatic N) is 3. The minimum atomic E-state index is 0.743. The predicted octanol–water partition coefficient (Wildman–Crippen LogP) is 2.46. The summed E-state index contributed by atoms with van der Waals surface area (Å²) in [7, 11) is 0. The van der Waals surface area contributed by atoms with Crippen LogP contribution in [0.5, 0.6) is 0 Å². The molecule has 1 aliphatic heterocycles. The van der Waals surface area contributed by atoms with Gasteiger partial charge in [0.2, 0.25) is 0 Å². The van der Waals surface area contributed by atoms with Crippen molar-refractivity contribution in [2.75, 3.05) is 31.2 Å². The molecular weight excluding hydrogens is 264 g/mol. The van der Waals surface area contributed by atoms with Crippen LogP contribution in [0.15, 0.2) is 42.6 Å². The van der Waals surface area contributed by atoms with Crippen LogP contribution in [0.2, 0.25) is 0 Å². The molecule has 0 atom stereocenters. The zero-order chi connectivity index (χ0) is 14.1. The second-order valence-corrected chi connectivity index (χ2v) is 5.07. The zero-order valence-corrected chi connectivity index (χ0v) is 11.6. The molecule has 5 nitrogen and oxygen atoms in total. The number of anilines is 1. The molecule has 106 valence electrons. The van der Waals surface area contributed by atoms with Gasteiger partial charge in [-0.2, -0.15) is 0 Å². The molecule has 0 bridgehead atoms. The van der Waals surface area contributed by atoms with Gasteiger partial charge in [0.15, 0.2) is 11.6 Å². The number of fused-ring (bicyclic) bond motifs is 1. The van der Waals surface area contributed by atoms with Gasteiger partial charge in [0.05, 0.1) is 18.7 Å². The summed E-state index contributed by atoms with van der Waals surface area (Å²) in [5.74, 6) is 1.73. The molecule has 1 saturated heterocycles. The lowest BCUT2D eigenvalue weighted by atomic mass is 10.2. The van der Waals surface area contributed by atoms with Crippen molar-refractivity contribution >= 4 is 16.9 Å². The first kappa shape index (κ1) is 12.3. The van der Waals surface area contributed by atoms with Crippen molar-refractivity contribution in [3.63, 3.8) is 0 Å². The number of benzene rings is 1. The Labute approximate surface area is 122 Å². The fraction of sp³-hybridized carbons (Fsp3) is 0.250. The molecule has 0 aliphatic carbocycles. The Bertz CT molecular complexity index is 747. The van der Waals surface area contributed by atoms with Crippen LogP contribution in [0, 0.1) is 0 Å². The van der Waals surface area contributed by atoms with Crippen LogP contribution < -0.4 is 4.90 Å². The van der Waals surface area contributed by atoms with Crippen LogP contribution >= 0.6 is 0 Å². The number of aromatic amines is 1. The summed E-state index contributed by atoms with van der Waals surface area (Å²) in [6, 6.07) is 12.1. The van der Waals surface area contributed by atoms with E-state index >= 15 is 0 Å². The molecule has 0 saturated carbocycles. The van der Waals surface area contributed by atoms with Gasteiger partial charge in [-0.3, -0.25) is 0 Å². The zero-order valence-electron chi connectivity index (χ0n) is 11.6. The van der Waals surface area contributed by atoms with Crippen LogP contribution in [-0.4, -0.2) is 41.3 Å². The summed E-state index contributed by atoms with van der Waals surface area (Å²) >= 11 is 0. The molecule has 1 fully saturated rings. The van der Waals surface area contributed by atoms with Crippen molar-refractivity contribution in [1.29, 1.82) is 0 Å². The van der Waals surface area contributed by atoms with Gasteiger partial charge in [0.1, 0.15) is 5.52 Å². The van der Waals surface area contributed by atoms with Gasteiger partial charge in [-0.25, -0.2) is 9.97 Å².